The van der Waals surface area contributed by atoms with Gasteiger partial charge in [0.05, 0.1) is 37.1 Å². The van der Waals surface area contributed by atoms with Crippen LogP contribution < -0.4 is 10.2 Å². The monoisotopic (exact) mass is 533 g/mol. The Morgan fingerprint density at radius 2 is 1.97 bits per heavy atom. The molecule has 1 saturated heterocycles. The van der Waals surface area contributed by atoms with Crippen LogP contribution in [0, 0.1) is 12.7 Å². The van der Waals surface area contributed by atoms with Gasteiger partial charge in [0.1, 0.15) is 11.6 Å². The van der Waals surface area contributed by atoms with Gasteiger partial charge in [-0.1, -0.05) is 12.1 Å². The molecule has 0 spiro atoms. The van der Waals surface area contributed by atoms with Crippen LogP contribution in [0.15, 0.2) is 54.9 Å². The molecule has 1 aliphatic heterocycles. The molecule has 2 aromatic heterocycles. The highest BCUT2D eigenvalue weighted by Crippen LogP contribution is 2.27. The number of hydrogen-bond donors (Lipinski definition) is 1. The summed E-state index contributed by atoms with van der Waals surface area (Å²) in [5.74, 6) is -0.212. The van der Waals surface area contributed by atoms with E-state index < -0.39 is 17.9 Å². The maximum atomic E-state index is 13.6. The van der Waals surface area contributed by atoms with Crippen molar-refractivity contribution in [3.05, 3.63) is 77.5 Å². The Labute approximate surface area is 224 Å². The number of fused-ring (bicyclic) bond motifs is 1. The Balaban J connectivity index is 1.42. The van der Waals surface area contributed by atoms with E-state index in [2.05, 4.69) is 25.0 Å². The summed E-state index contributed by atoms with van der Waals surface area (Å²) in [7, 11) is 1.23. The van der Waals surface area contributed by atoms with Crippen LogP contribution in [0.25, 0.3) is 22.3 Å². The van der Waals surface area contributed by atoms with E-state index in [1.807, 2.05) is 12.3 Å². The molecule has 0 bridgehead atoms. The predicted octanol–water partition coefficient (Wildman–Crippen LogP) is 3.95. The molecule has 39 heavy (non-hydrogen) atoms. The molecule has 1 amide bonds. The van der Waals surface area contributed by atoms with Gasteiger partial charge in [0, 0.05) is 49.0 Å². The lowest BCUT2D eigenvalue weighted by Gasteiger charge is -2.26. The molecule has 0 saturated carbocycles. The number of carbonyl (C=O) groups excluding carboxylic acids is 2. The standard InChI is InChI=1S/C28H28FN5O5/c1-18-24(16-30-26(31-18)19-4-3-5-21(29)14-19)27(35)32-34-17-20(8-9-33-10-12-38-13-11-33)23-7-6-22(15-25(23)34)39-28(36)37-2/h3-7,14-17H,8-13H2,1-2H3,(H,32,35). The molecular formula is C28H28FN5O5. The summed E-state index contributed by atoms with van der Waals surface area (Å²) in [6.45, 7) is 5.71. The number of amides is 1. The van der Waals surface area contributed by atoms with Crippen molar-refractivity contribution < 1.29 is 28.2 Å². The molecule has 4 aromatic rings. The number of aromatic nitrogens is 3. The number of hydrogen-bond acceptors (Lipinski definition) is 8. The van der Waals surface area contributed by atoms with Crippen LogP contribution in [0.1, 0.15) is 21.6 Å². The minimum atomic E-state index is -0.838. The molecule has 0 atom stereocenters. The van der Waals surface area contributed by atoms with Crippen LogP contribution in [0.3, 0.4) is 0 Å². The van der Waals surface area contributed by atoms with Crippen molar-refractivity contribution in [2.75, 3.05) is 45.4 Å². The van der Waals surface area contributed by atoms with Gasteiger partial charge in [-0.2, -0.15) is 0 Å². The van der Waals surface area contributed by atoms with Gasteiger partial charge in [0.2, 0.25) is 0 Å². The quantitative estimate of drug-likeness (QED) is 0.281. The Morgan fingerprint density at radius 1 is 1.15 bits per heavy atom. The van der Waals surface area contributed by atoms with Crippen LogP contribution >= 0.6 is 0 Å². The lowest BCUT2D eigenvalue weighted by atomic mass is 10.1. The smallest absolute Gasteiger partial charge is 0.437 e. The average molecular weight is 534 g/mol. The molecule has 1 fully saturated rings. The van der Waals surface area contributed by atoms with Crippen molar-refractivity contribution >= 4 is 23.0 Å². The summed E-state index contributed by atoms with van der Waals surface area (Å²) >= 11 is 0. The average Bonchev–Trinajstić information content (AvgIpc) is 3.28. The highest BCUT2D eigenvalue weighted by Gasteiger charge is 2.18. The molecule has 0 radical (unpaired) electrons. The van der Waals surface area contributed by atoms with Crippen molar-refractivity contribution in [2.45, 2.75) is 13.3 Å². The minimum absolute atomic E-state index is 0.272. The van der Waals surface area contributed by atoms with E-state index in [4.69, 9.17) is 9.47 Å². The largest absolute Gasteiger partial charge is 0.513 e. The van der Waals surface area contributed by atoms with Gasteiger partial charge in [-0.05, 0) is 43.2 Å². The zero-order valence-corrected chi connectivity index (χ0v) is 21.6. The zero-order valence-electron chi connectivity index (χ0n) is 21.6. The molecule has 2 aromatic carbocycles. The summed E-state index contributed by atoms with van der Waals surface area (Å²) in [5, 5.41) is 0.912. The zero-order chi connectivity index (χ0) is 27.4. The van der Waals surface area contributed by atoms with Gasteiger partial charge >= 0.3 is 6.16 Å². The molecular weight excluding hydrogens is 505 g/mol. The maximum Gasteiger partial charge on any atom is 0.513 e. The lowest BCUT2D eigenvalue weighted by Crippen LogP contribution is -2.37. The van der Waals surface area contributed by atoms with Crippen molar-refractivity contribution in [3.63, 3.8) is 0 Å². The maximum absolute atomic E-state index is 13.6. The van der Waals surface area contributed by atoms with Gasteiger partial charge in [-0.25, -0.2) is 19.2 Å². The summed E-state index contributed by atoms with van der Waals surface area (Å²) in [6.07, 6.45) is 3.20. The van der Waals surface area contributed by atoms with E-state index >= 15 is 0 Å². The van der Waals surface area contributed by atoms with Crippen molar-refractivity contribution in [1.82, 2.24) is 19.5 Å². The minimum Gasteiger partial charge on any atom is -0.437 e. The van der Waals surface area contributed by atoms with E-state index in [0.29, 0.717) is 35.8 Å². The Hall–Kier alpha value is -4.35. The van der Waals surface area contributed by atoms with Crippen molar-refractivity contribution in [2.24, 2.45) is 0 Å². The fraction of sp³-hybridized carbons (Fsp3) is 0.286. The number of nitrogens with zero attached hydrogens (tertiary/aromatic N) is 4. The van der Waals surface area contributed by atoms with E-state index in [1.165, 1.54) is 25.4 Å². The number of benzene rings is 2. The van der Waals surface area contributed by atoms with Gasteiger partial charge in [0.15, 0.2) is 5.82 Å². The van der Waals surface area contributed by atoms with Crippen molar-refractivity contribution in [3.8, 4) is 17.1 Å². The third-order valence-corrected chi connectivity index (χ3v) is 6.56. The normalized spacial score (nSPS) is 13.8. The molecule has 10 nitrogen and oxygen atoms in total. The first-order chi connectivity index (χ1) is 18.9. The van der Waals surface area contributed by atoms with Gasteiger partial charge in [-0.3, -0.25) is 19.8 Å². The highest BCUT2D eigenvalue weighted by molar-refractivity contribution is 6.02. The second-order valence-corrected chi connectivity index (χ2v) is 9.11. The van der Waals surface area contributed by atoms with E-state index in [9.17, 15) is 14.0 Å². The first-order valence-electron chi connectivity index (χ1n) is 12.5. The van der Waals surface area contributed by atoms with Gasteiger partial charge < -0.3 is 14.2 Å². The summed E-state index contributed by atoms with van der Waals surface area (Å²) in [4.78, 5) is 36.0. The third-order valence-electron chi connectivity index (χ3n) is 6.56. The number of rotatable bonds is 7. The molecule has 11 heteroatoms. The molecule has 0 aliphatic carbocycles. The van der Waals surface area contributed by atoms with Crippen LogP contribution in [-0.4, -0.2) is 71.6 Å². The molecule has 5 rings (SSSR count). The molecule has 202 valence electrons. The van der Waals surface area contributed by atoms with Crippen LogP contribution in [0.5, 0.6) is 5.75 Å². The number of nitrogens with one attached hydrogen (secondary N) is 1. The van der Waals surface area contributed by atoms with Crippen LogP contribution in [-0.2, 0) is 15.9 Å². The number of ether oxygens (including phenoxy) is 3. The van der Waals surface area contributed by atoms with E-state index in [-0.39, 0.29) is 11.3 Å². The molecule has 1 aliphatic rings. The first kappa shape index (κ1) is 26.3. The Morgan fingerprint density at radius 3 is 2.72 bits per heavy atom. The SMILES string of the molecule is COC(=O)Oc1ccc2c(CCN3CCOCC3)cn(NC(=O)c3cnc(-c4cccc(F)c4)nc3C)c2c1. The second kappa shape index (κ2) is 11.6. The summed E-state index contributed by atoms with van der Waals surface area (Å²) in [6, 6.07) is 11.2. The Kier molecular flexibility index (Phi) is 7.80. The lowest BCUT2D eigenvalue weighted by molar-refractivity contribution is 0.0385. The Bertz CT molecular complexity index is 1520. The van der Waals surface area contributed by atoms with Crippen LogP contribution in [0.4, 0.5) is 9.18 Å². The van der Waals surface area contributed by atoms with Crippen LogP contribution in [0.2, 0.25) is 0 Å². The molecule has 0 unspecified atom stereocenters. The number of methoxy groups -OCH3 is 1. The highest BCUT2D eigenvalue weighted by atomic mass is 19.1. The number of carbonyl (C=O) groups is 2. The van der Waals surface area contributed by atoms with Crippen molar-refractivity contribution in [1.29, 1.82) is 0 Å². The first-order valence-corrected chi connectivity index (χ1v) is 12.5. The number of morpholine rings is 1. The van der Waals surface area contributed by atoms with E-state index in [1.54, 1.807) is 35.9 Å². The fourth-order valence-electron chi connectivity index (χ4n) is 4.50. The summed E-state index contributed by atoms with van der Waals surface area (Å²) in [5.41, 5.74) is 5.80. The number of halogens is 1. The topological polar surface area (TPSA) is 108 Å². The second-order valence-electron chi connectivity index (χ2n) is 9.11. The third kappa shape index (κ3) is 6.05. The fourth-order valence-corrected chi connectivity index (χ4v) is 4.50. The molecule has 1 N–H and O–H groups in total. The predicted molar refractivity (Wildman–Crippen MR) is 142 cm³/mol. The molecule has 3 heterocycles. The van der Waals surface area contributed by atoms with Gasteiger partial charge in [-0.15, -0.1) is 0 Å². The van der Waals surface area contributed by atoms with E-state index in [0.717, 1.165) is 37.0 Å². The summed E-state index contributed by atoms with van der Waals surface area (Å²) < 4.78 is 30.5. The number of aryl methyl sites for hydroxylation is 1. The van der Waals surface area contributed by atoms with Gasteiger partial charge in [0.25, 0.3) is 5.91 Å².